The summed E-state index contributed by atoms with van der Waals surface area (Å²) in [6.45, 7) is 1.72. The summed E-state index contributed by atoms with van der Waals surface area (Å²) in [4.78, 5) is 19.0. The van der Waals surface area contributed by atoms with E-state index in [2.05, 4.69) is 15.5 Å². The van der Waals surface area contributed by atoms with Gasteiger partial charge in [-0.25, -0.2) is 13.6 Å². The van der Waals surface area contributed by atoms with E-state index in [1.54, 1.807) is 43.3 Å². The molecule has 2 heterocycles. The average molecular weight is 479 g/mol. The van der Waals surface area contributed by atoms with Crippen LogP contribution < -0.4 is 10.2 Å². The standard InChI is InChI=1S/C25H17ClF2N4O2/c1-14-21(24-30-23(31-34-24)15-8-10-18(27)11-9-15)22(16-4-2-5-17(26)12-16)29-25(33)32(14)20-7-3-6-19(28)13-20/h2-13,22H,1H3,(H,29,33). The van der Waals surface area contributed by atoms with Crippen molar-refractivity contribution in [1.29, 1.82) is 0 Å². The molecule has 0 aliphatic carbocycles. The summed E-state index contributed by atoms with van der Waals surface area (Å²) in [5.74, 6) is -0.446. The first kappa shape index (κ1) is 21.8. The highest BCUT2D eigenvalue weighted by molar-refractivity contribution is 6.30. The lowest BCUT2D eigenvalue weighted by atomic mass is 9.94. The Kier molecular flexibility index (Phi) is 5.59. The van der Waals surface area contributed by atoms with E-state index in [1.807, 2.05) is 6.07 Å². The van der Waals surface area contributed by atoms with Crippen LogP contribution in [0.25, 0.3) is 17.0 Å². The number of aromatic nitrogens is 2. The first-order valence-corrected chi connectivity index (χ1v) is 10.7. The molecule has 0 bridgehead atoms. The summed E-state index contributed by atoms with van der Waals surface area (Å²) < 4.78 is 32.9. The van der Waals surface area contributed by atoms with Crippen molar-refractivity contribution in [1.82, 2.24) is 15.5 Å². The quantitative estimate of drug-likeness (QED) is 0.370. The molecule has 3 aromatic carbocycles. The van der Waals surface area contributed by atoms with Crippen LogP contribution in [-0.2, 0) is 0 Å². The van der Waals surface area contributed by atoms with E-state index in [4.69, 9.17) is 16.1 Å². The fraction of sp³-hybridized carbons (Fsp3) is 0.0800. The second-order valence-electron chi connectivity index (χ2n) is 7.68. The lowest BCUT2D eigenvalue weighted by molar-refractivity contribution is 0.244. The van der Waals surface area contributed by atoms with Crippen LogP contribution in [0.4, 0.5) is 19.3 Å². The van der Waals surface area contributed by atoms with Gasteiger partial charge >= 0.3 is 6.03 Å². The number of hydrogen-bond acceptors (Lipinski definition) is 4. The van der Waals surface area contributed by atoms with Gasteiger partial charge in [0, 0.05) is 16.3 Å². The Labute approximate surface area is 198 Å². The lowest BCUT2D eigenvalue weighted by Gasteiger charge is -2.35. The minimum absolute atomic E-state index is 0.156. The largest absolute Gasteiger partial charge is 0.334 e. The van der Waals surface area contributed by atoms with Crippen molar-refractivity contribution in [2.75, 3.05) is 4.90 Å². The number of carbonyl (C=O) groups is 1. The number of hydrogen-bond donors (Lipinski definition) is 1. The fourth-order valence-corrected chi connectivity index (χ4v) is 4.13. The Bertz CT molecular complexity index is 1420. The molecule has 4 aromatic rings. The predicted octanol–water partition coefficient (Wildman–Crippen LogP) is 6.37. The second kappa shape index (κ2) is 8.72. The van der Waals surface area contributed by atoms with Gasteiger partial charge in [-0.15, -0.1) is 0 Å². The molecule has 0 fully saturated rings. The van der Waals surface area contributed by atoms with E-state index >= 15 is 0 Å². The van der Waals surface area contributed by atoms with Crippen LogP contribution in [0.1, 0.15) is 24.4 Å². The minimum atomic E-state index is -0.655. The molecule has 34 heavy (non-hydrogen) atoms. The molecular weight excluding hydrogens is 462 g/mol. The summed E-state index contributed by atoms with van der Waals surface area (Å²) in [5, 5.41) is 7.47. The molecule has 1 N–H and O–H groups in total. The molecule has 5 rings (SSSR count). The zero-order chi connectivity index (χ0) is 23.8. The minimum Gasteiger partial charge on any atom is -0.334 e. The van der Waals surface area contributed by atoms with Gasteiger partial charge in [0.2, 0.25) is 5.82 Å². The number of allylic oxidation sites excluding steroid dienone is 1. The van der Waals surface area contributed by atoms with Gasteiger partial charge in [-0.2, -0.15) is 4.98 Å². The number of carbonyl (C=O) groups excluding carboxylic acids is 1. The maximum Gasteiger partial charge on any atom is 0.327 e. The fourth-order valence-electron chi connectivity index (χ4n) is 3.93. The third-order valence-corrected chi connectivity index (χ3v) is 5.73. The molecule has 1 aliphatic heterocycles. The van der Waals surface area contributed by atoms with Gasteiger partial charge in [0.1, 0.15) is 11.6 Å². The zero-order valence-electron chi connectivity index (χ0n) is 17.8. The molecule has 170 valence electrons. The highest BCUT2D eigenvalue weighted by Gasteiger charge is 2.36. The van der Waals surface area contributed by atoms with Crippen molar-refractivity contribution in [2.45, 2.75) is 13.0 Å². The summed E-state index contributed by atoms with van der Waals surface area (Å²) in [5.41, 5.74) is 2.61. The zero-order valence-corrected chi connectivity index (χ0v) is 18.6. The molecule has 0 radical (unpaired) electrons. The van der Waals surface area contributed by atoms with Crippen LogP contribution in [0.2, 0.25) is 5.02 Å². The molecule has 0 saturated heterocycles. The van der Waals surface area contributed by atoms with Crippen LogP contribution >= 0.6 is 11.6 Å². The maximum atomic E-state index is 13.9. The monoisotopic (exact) mass is 478 g/mol. The Morgan fingerprint density at radius 3 is 2.50 bits per heavy atom. The van der Waals surface area contributed by atoms with Gasteiger partial charge < -0.3 is 9.84 Å². The normalized spacial score (nSPS) is 16.1. The Morgan fingerprint density at radius 2 is 1.76 bits per heavy atom. The molecule has 1 aliphatic rings. The average Bonchev–Trinajstić information content (AvgIpc) is 3.29. The molecule has 1 unspecified atom stereocenters. The van der Waals surface area contributed by atoms with Crippen molar-refractivity contribution in [2.24, 2.45) is 0 Å². The first-order valence-electron chi connectivity index (χ1n) is 10.3. The van der Waals surface area contributed by atoms with Gasteiger partial charge in [-0.05, 0) is 67.1 Å². The van der Waals surface area contributed by atoms with E-state index in [1.165, 1.54) is 35.2 Å². The molecule has 9 heteroatoms. The summed E-state index contributed by atoms with van der Waals surface area (Å²) in [7, 11) is 0. The van der Waals surface area contributed by atoms with Crippen molar-refractivity contribution >= 4 is 28.9 Å². The van der Waals surface area contributed by atoms with Gasteiger partial charge in [0.05, 0.1) is 17.3 Å². The van der Waals surface area contributed by atoms with Crippen molar-refractivity contribution in [3.05, 3.63) is 107 Å². The van der Waals surface area contributed by atoms with Gasteiger partial charge in [0.25, 0.3) is 5.89 Å². The first-order chi connectivity index (χ1) is 16.4. The highest BCUT2D eigenvalue weighted by Crippen LogP contribution is 2.39. The maximum absolute atomic E-state index is 13.9. The van der Waals surface area contributed by atoms with Crippen LogP contribution in [0, 0.1) is 11.6 Å². The van der Waals surface area contributed by atoms with Crippen LogP contribution in [0.3, 0.4) is 0 Å². The van der Waals surface area contributed by atoms with Crippen molar-refractivity contribution < 1.29 is 18.1 Å². The SMILES string of the molecule is CC1=C(c2nc(-c3ccc(F)cc3)no2)C(c2cccc(Cl)c2)NC(=O)N1c1cccc(F)c1. The number of halogens is 3. The van der Waals surface area contributed by atoms with E-state index in [0.717, 1.165) is 0 Å². The van der Waals surface area contributed by atoms with Crippen LogP contribution in [-0.4, -0.2) is 16.2 Å². The van der Waals surface area contributed by atoms with Gasteiger partial charge in [0.15, 0.2) is 0 Å². The molecule has 6 nitrogen and oxygen atoms in total. The van der Waals surface area contributed by atoms with Crippen LogP contribution in [0.15, 0.2) is 83.0 Å². The van der Waals surface area contributed by atoms with Gasteiger partial charge in [-0.1, -0.05) is 35.0 Å². The van der Waals surface area contributed by atoms with E-state index in [9.17, 15) is 13.6 Å². The van der Waals surface area contributed by atoms with Gasteiger partial charge in [-0.3, -0.25) is 4.90 Å². The number of nitrogens with zero attached hydrogens (tertiary/aromatic N) is 3. The molecular formula is C25H17ClF2N4O2. The molecule has 1 aromatic heterocycles. The Hall–Kier alpha value is -4.04. The lowest BCUT2D eigenvalue weighted by Crippen LogP contribution is -2.46. The van der Waals surface area contributed by atoms with Crippen molar-refractivity contribution in [3.8, 4) is 11.4 Å². The topological polar surface area (TPSA) is 71.3 Å². The predicted molar refractivity (Wildman–Crippen MR) is 124 cm³/mol. The smallest absolute Gasteiger partial charge is 0.327 e. The number of rotatable bonds is 4. The number of amides is 2. The highest BCUT2D eigenvalue weighted by atomic mass is 35.5. The Morgan fingerprint density at radius 1 is 1.00 bits per heavy atom. The molecule has 0 spiro atoms. The third kappa shape index (κ3) is 4.04. The number of urea groups is 1. The number of nitrogens with one attached hydrogen (secondary N) is 1. The molecule has 0 saturated carbocycles. The summed E-state index contributed by atoms with van der Waals surface area (Å²) in [6, 6.07) is 17.3. The van der Waals surface area contributed by atoms with E-state index in [-0.39, 0.29) is 17.5 Å². The summed E-state index contributed by atoms with van der Waals surface area (Å²) in [6.07, 6.45) is 0. The Balaban J connectivity index is 1.66. The number of benzene rings is 3. The summed E-state index contributed by atoms with van der Waals surface area (Å²) >= 11 is 6.21. The van der Waals surface area contributed by atoms with E-state index < -0.39 is 17.9 Å². The van der Waals surface area contributed by atoms with Crippen LogP contribution in [0.5, 0.6) is 0 Å². The number of anilines is 1. The molecule has 1 atom stereocenters. The second-order valence-corrected chi connectivity index (χ2v) is 8.12. The molecule has 2 amide bonds. The van der Waals surface area contributed by atoms with E-state index in [0.29, 0.717) is 33.1 Å². The third-order valence-electron chi connectivity index (χ3n) is 5.49. The van der Waals surface area contributed by atoms with Crippen molar-refractivity contribution in [3.63, 3.8) is 0 Å².